The first-order chi connectivity index (χ1) is 5.70. The second-order valence-electron chi connectivity index (χ2n) is 2.11. The summed E-state index contributed by atoms with van der Waals surface area (Å²) in [4.78, 5) is 21.1. The third kappa shape index (κ3) is 5.52. The van der Waals surface area contributed by atoms with Crippen molar-refractivity contribution in [1.29, 1.82) is 0 Å². The summed E-state index contributed by atoms with van der Waals surface area (Å²) in [5.41, 5.74) is 0. The molecular formula is C7H13NO4. The fourth-order valence-corrected chi connectivity index (χ4v) is 0.480. The van der Waals surface area contributed by atoms with E-state index in [4.69, 9.17) is 0 Å². The van der Waals surface area contributed by atoms with Crippen molar-refractivity contribution < 1.29 is 19.1 Å². The van der Waals surface area contributed by atoms with E-state index >= 15 is 0 Å². The van der Waals surface area contributed by atoms with Crippen LogP contribution in [0.25, 0.3) is 0 Å². The van der Waals surface area contributed by atoms with E-state index in [1.165, 1.54) is 7.11 Å². The summed E-state index contributed by atoms with van der Waals surface area (Å²) in [7, 11) is 1.18. The second kappa shape index (κ2) is 6.45. The van der Waals surface area contributed by atoms with Gasteiger partial charge in [0.25, 0.3) is 0 Å². The van der Waals surface area contributed by atoms with Crippen molar-refractivity contribution in [3.05, 3.63) is 0 Å². The predicted octanol–water partition coefficient (Wildman–Crippen LogP) is 1.28. The van der Waals surface area contributed by atoms with E-state index in [1.54, 1.807) is 0 Å². The van der Waals surface area contributed by atoms with Gasteiger partial charge in [-0.05, 0) is 6.42 Å². The summed E-state index contributed by atoms with van der Waals surface area (Å²) < 4.78 is 8.78. The molecule has 1 N–H and O–H groups in total. The highest BCUT2D eigenvalue weighted by molar-refractivity contribution is 5.87. The molecular weight excluding hydrogens is 162 g/mol. The van der Waals surface area contributed by atoms with Crippen LogP contribution in [0.1, 0.15) is 19.8 Å². The number of carbonyl (C=O) groups is 2. The zero-order valence-corrected chi connectivity index (χ0v) is 7.25. The van der Waals surface area contributed by atoms with Gasteiger partial charge < -0.3 is 9.47 Å². The molecule has 70 valence electrons. The van der Waals surface area contributed by atoms with Crippen LogP contribution in [0.5, 0.6) is 0 Å². The molecule has 0 radical (unpaired) electrons. The molecule has 0 aromatic rings. The Bertz CT molecular complexity index is 157. The number of nitrogens with one attached hydrogen (secondary N) is 1. The Morgan fingerprint density at radius 1 is 1.33 bits per heavy atom. The van der Waals surface area contributed by atoms with Crippen molar-refractivity contribution in [1.82, 2.24) is 5.32 Å². The molecule has 0 aromatic carbocycles. The summed E-state index contributed by atoms with van der Waals surface area (Å²) in [5, 5.41) is 1.87. The number of hydrogen-bond donors (Lipinski definition) is 1. The molecule has 0 spiro atoms. The quantitative estimate of drug-likeness (QED) is 0.656. The molecule has 0 rings (SSSR count). The Morgan fingerprint density at radius 2 is 2.00 bits per heavy atom. The predicted molar refractivity (Wildman–Crippen MR) is 41.8 cm³/mol. The van der Waals surface area contributed by atoms with Crippen LogP contribution in [0.15, 0.2) is 0 Å². The van der Waals surface area contributed by atoms with Crippen molar-refractivity contribution in [3.63, 3.8) is 0 Å². The van der Waals surface area contributed by atoms with E-state index in [1.807, 2.05) is 12.2 Å². The van der Waals surface area contributed by atoms with E-state index in [0.29, 0.717) is 6.61 Å². The minimum atomic E-state index is -0.809. The smallest absolute Gasteiger partial charge is 0.416 e. The Hall–Kier alpha value is -1.26. The van der Waals surface area contributed by atoms with Crippen molar-refractivity contribution in [2.24, 2.45) is 0 Å². The van der Waals surface area contributed by atoms with Gasteiger partial charge in [-0.1, -0.05) is 13.3 Å². The Labute approximate surface area is 71.0 Å². The van der Waals surface area contributed by atoms with E-state index in [2.05, 4.69) is 9.47 Å². The lowest BCUT2D eigenvalue weighted by molar-refractivity contribution is 0.133. The maximum absolute atomic E-state index is 10.7. The van der Waals surface area contributed by atoms with Gasteiger partial charge in [0, 0.05) is 0 Å². The largest absolute Gasteiger partial charge is 0.453 e. The van der Waals surface area contributed by atoms with Gasteiger partial charge in [0.2, 0.25) is 0 Å². The van der Waals surface area contributed by atoms with Gasteiger partial charge >= 0.3 is 12.2 Å². The van der Waals surface area contributed by atoms with Crippen LogP contribution >= 0.6 is 0 Å². The summed E-state index contributed by atoms with van der Waals surface area (Å²) >= 11 is 0. The zero-order chi connectivity index (χ0) is 9.40. The SMILES string of the molecule is CCCCOC(=O)NC(=O)OC. The minimum absolute atomic E-state index is 0.319. The first kappa shape index (κ1) is 10.7. The first-order valence-electron chi connectivity index (χ1n) is 3.72. The van der Waals surface area contributed by atoms with Crippen LogP contribution in [0.2, 0.25) is 0 Å². The van der Waals surface area contributed by atoms with Crippen LogP contribution in [-0.2, 0) is 9.47 Å². The molecule has 0 atom stereocenters. The Balaban J connectivity index is 3.40. The molecule has 5 heteroatoms. The van der Waals surface area contributed by atoms with Crippen molar-refractivity contribution in [3.8, 4) is 0 Å². The van der Waals surface area contributed by atoms with Gasteiger partial charge in [0.1, 0.15) is 0 Å². The number of alkyl carbamates (subject to hydrolysis) is 2. The molecule has 5 nitrogen and oxygen atoms in total. The average Bonchev–Trinajstić information content (AvgIpc) is 2.05. The highest BCUT2D eigenvalue weighted by atomic mass is 16.6. The Morgan fingerprint density at radius 3 is 2.50 bits per heavy atom. The van der Waals surface area contributed by atoms with Crippen molar-refractivity contribution in [2.45, 2.75) is 19.8 Å². The maximum Gasteiger partial charge on any atom is 0.416 e. The highest BCUT2D eigenvalue weighted by Crippen LogP contribution is 1.88. The number of amides is 2. The molecule has 0 saturated carbocycles. The lowest BCUT2D eigenvalue weighted by Gasteiger charge is -2.03. The summed E-state index contributed by atoms with van der Waals surface area (Å²) in [6, 6.07) is 0. The summed E-state index contributed by atoms with van der Waals surface area (Å²) in [5.74, 6) is 0. The monoisotopic (exact) mass is 175 g/mol. The normalized spacial score (nSPS) is 8.83. The summed E-state index contributed by atoms with van der Waals surface area (Å²) in [6.07, 6.45) is 0.145. The molecule has 0 fully saturated rings. The van der Waals surface area contributed by atoms with Crippen LogP contribution in [0.3, 0.4) is 0 Å². The molecule has 0 heterocycles. The van der Waals surface area contributed by atoms with Crippen molar-refractivity contribution >= 4 is 12.2 Å². The van der Waals surface area contributed by atoms with Gasteiger partial charge in [-0.2, -0.15) is 0 Å². The minimum Gasteiger partial charge on any atom is -0.453 e. The standard InChI is InChI=1S/C7H13NO4/c1-3-4-5-12-7(10)8-6(9)11-2/h3-5H2,1-2H3,(H,8,9,10). The first-order valence-corrected chi connectivity index (χ1v) is 3.72. The van der Waals surface area contributed by atoms with Crippen molar-refractivity contribution in [2.75, 3.05) is 13.7 Å². The fraction of sp³-hybridized carbons (Fsp3) is 0.714. The zero-order valence-electron chi connectivity index (χ0n) is 7.25. The topological polar surface area (TPSA) is 64.6 Å². The molecule has 0 bridgehead atoms. The van der Waals surface area contributed by atoms with Crippen LogP contribution in [0, 0.1) is 0 Å². The summed E-state index contributed by atoms with van der Waals surface area (Å²) in [6.45, 7) is 2.29. The molecule has 12 heavy (non-hydrogen) atoms. The van der Waals surface area contributed by atoms with E-state index in [0.717, 1.165) is 12.8 Å². The number of hydrogen-bond acceptors (Lipinski definition) is 4. The number of unbranched alkanes of at least 4 members (excludes halogenated alkanes) is 1. The number of methoxy groups -OCH3 is 1. The average molecular weight is 175 g/mol. The molecule has 0 saturated heterocycles. The van der Waals surface area contributed by atoms with Gasteiger partial charge in [-0.3, -0.25) is 0 Å². The van der Waals surface area contributed by atoms with Gasteiger partial charge in [-0.15, -0.1) is 0 Å². The van der Waals surface area contributed by atoms with E-state index in [-0.39, 0.29) is 0 Å². The van der Waals surface area contributed by atoms with E-state index in [9.17, 15) is 9.59 Å². The molecule has 0 aliphatic heterocycles. The second-order valence-corrected chi connectivity index (χ2v) is 2.11. The molecule has 0 aliphatic carbocycles. The number of rotatable bonds is 3. The fourth-order valence-electron chi connectivity index (χ4n) is 0.480. The van der Waals surface area contributed by atoms with Crippen LogP contribution in [0.4, 0.5) is 9.59 Å². The van der Waals surface area contributed by atoms with Gasteiger partial charge in [0.05, 0.1) is 13.7 Å². The van der Waals surface area contributed by atoms with Gasteiger partial charge in [-0.25, -0.2) is 14.9 Å². The Kier molecular flexibility index (Phi) is 5.77. The van der Waals surface area contributed by atoms with E-state index < -0.39 is 12.2 Å². The van der Waals surface area contributed by atoms with Crippen LogP contribution < -0.4 is 5.32 Å². The maximum atomic E-state index is 10.7. The number of ether oxygens (including phenoxy) is 2. The molecule has 2 amide bonds. The molecule has 0 unspecified atom stereocenters. The number of carbonyl (C=O) groups excluding carboxylic acids is 2. The highest BCUT2D eigenvalue weighted by Gasteiger charge is 2.06. The lowest BCUT2D eigenvalue weighted by Crippen LogP contribution is -2.30. The number of imide groups is 1. The molecule has 0 aromatic heterocycles. The molecule has 0 aliphatic rings. The lowest BCUT2D eigenvalue weighted by atomic mass is 10.4. The van der Waals surface area contributed by atoms with Crippen LogP contribution in [-0.4, -0.2) is 25.9 Å². The van der Waals surface area contributed by atoms with Gasteiger partial charge in [0.15, 0.2) is 0 Å². The third-order valence-electron chi connectivity index (χ3n) is 1.12. The third-order valence-corrected chi connectivity index (χ3v) is 1.12.